The quantitative estimate of drug-likeness (QED) is 0.516. The van der Waals surface area contributed by atoms with Crippen molar-refractivity contribution >= 4 is 0 Å². The number of fused-ring (bicyclic) bond motifs is 5. The van der Waals surface area contributed by atoms with Gasteiger partial charge >= 0.3 is 0 Å². The van der Waals surface area contributed by atoms with Crippen molar-refractivity contribution in [2.75, 3.05) is 0 Å². The van der Waals surface area contributed by atoms with Gasteiger partial charge in [-0.1, -0.05) is 50.6 Å². The maximum absolute atomic E-state index is 2.62. The van der Waals surface area contributed by atoms with E-state index in [0.717, 1.165) is 17.8 Å². The second-order valence-corrected chi connectivity index (χ2v) is 7.81. The van der Waals surface area contributed by atoms with Gasteiger partial charge in [-0.15, -0.1) is 0 Å². The summed E-state index contributed by atoms with van der Waals surface area (Å²) < 4.78 is 0. The molecule has 0 saturated heterocycles. The minimum absolute atomic E-state index is 0.429. The number of rotatable bonds is 0. The Morgan fingerprint density at radius 2 is 2.11 bits per heavy atom. The Hall–Kier alpha value is -0.780. The zero-order chi connectivity index (χ0) is 13.1. The molecule has 4 aliphatic carbocycles. The molecule has 0 nitrogen and oxygen atoms in total. The molecule has 0 bridgehead atoms. The van der Waals surface area contributed by atoms with Crippen molar-refractivity contribution in [1.29, 1.82) is 0 Å². The lowest BCUT2D eigenvalue weighted by atomic mass is 9.51. The van der Waals surface area contributed by atoms with Crippen LogP contribution in [0.3, 0.4) is 0 Å². The minimum atomic E-state index is 0.429. The highest BCUT2D eigenvalue weighted by Gasteiger charge is 2.52. The molecule has 1 saturated carbocycles. The smallest absolute Gasteiger partial charge is 0.00100 e. The molecule has 4 aliphatic rings. The molecule has 0 aromatic carbocycles. The molecule has 0 aliphatic heterocycles. The minimum Gasteiger partial charge on any atom is -0.0842 e. The van der Waals surface area contributed by atoms with Crippen molar-refractivity contribution < 1.29 is 0 Å². The maximum atomic E-state index is 2.62. The van der Waals surface area contributed by atoms with E-state index in [0.29, 0.717) is 10.8 Å². The Morgan fingerprint density at radius 1 is 1.21 bits per heavy atom. The van der Waals surface area contributed by atoms with E-state index in [9.17, 15) is 0 Å². The normalized spacial score (nSPS) is 51.3. The fourth-order valence-corrected chi connectivity index (χ4v) is 5.69. The Kier molecular flexibility index (Phi) is 2.44. The summed E-state index contributed by atoms with van der Waals surface area (Å²) in [5, 5.41) is 0. The molecule has 0 amide bonds. The van der Waals surface area contributed by atoms with E-state index in [1.807, 2.05) is 0 Å². The average molecular weight is 254 g/mol. The van der Waals surface area contributed by atoms with E-state index in [1.54, 1.807) is 5.57 Å². The highest BCUT2D eigenvalue weighted by Crippen LogP contribution is 2.61. The zero-order valence-electron chi connectivity index (χ0n) is 12.4. The lowest BCUT2D eigenvalue weighted by Crippen LogP contribution is -2.45. The molecular weight excluding hydrogens is 228 g/mol. The largest absolute Gasteiger partial charge is 0.0842 e. The summed E-state index contributed by atoms with van der Waals surface area (Å²) in [5.41, 5.74) is 2.58. The highest BCUT2D eigenvalue weighted by atomic mass is 14.6. The van der Waals surface area contributed by atoms with E-state index in [-0.39, 0.29) is 0 Å². The predicted octanol–water partition coefficient (Wildman–Crippen LogP) is 5.28. The molecule has 1 fully saturated rings. The first-order valence-corrected chi connectivity index (χ1v) is 8.20. The Morgan fingerprint density at radius 3 is 3.00 bits per heavy atom. The summed E-state index contributed by atoms with van der Waals surface area (Å²) in [5.74, 6) is 2.66. The Balaban J connectivity index is 1.78. The second kappa shape index (κ2) is 3.87. The van der Waals surface area contributed by atoms with E-state index < -0.39 is 0 Å². The summed E-state index contributed by atoms with van der Waals surface area (Å²) in [7, 11) is 0. The van der Waals surface area contributed by atoms with Crippen molar-refractivity contribution in [2.24, 2.45) is 28.6 Å². The molecule has 4 rings (SSSR count). The number of hydrogen-bond donors (Lipinski definition) is 0. The first kappa shape index (κ1) is 12.0. The summed E-state index contributed by atoms with van der Waals surface area (Å²) >= 11 is 0. The van der Waals surface area contributed by atoms with Crippen LogP contribution in [0.4, 0.5) is 0 Å². The maximum Gasteiger partial charge on any atom is -0.00100 e. The molecule has 0 N–H and O–H groups in total. The van der Waals surface area contributed by atoms with Crippen LogP contribution in [0.5, 0.6) is 0 Å². The van der Waals surface area contributed by atoms with Crippen LogP contribution in [-0.2, 0) is 0 Å². The van der Waals surface area contributed by atoms with Crippen molar-refractivity contribution in [3.63, 3.8) is 0 Å². The van der Waals surface area contributed by atoms with Gasteiger partial charge in [-0.3, -0.25) is 0 Å². The third kappa shape index (κ3) is 1.52. The van der Waals surface area contributed by atoms with Crippen LogP contribution in [0.25, 0.3) is 0 Å². The van der Waals surface area contributed by atoms with Gasteiger partial charge in [0.25, 0.3) is 0 Å². The topological polar surface area (TPSA) is 0 Å². The first-order valence-electron chi connectivity index (χ1n) is 8.20. The molecule has 19 heavy (non-hydrogen) atoms. The van der Waals surface area contributed by atoms with Gasteiger partial charge in [0.05, 0.1) is 0 Å². The first-order chi connectivity index (χ1) is 9.13. The van der Waals surface area contributed by atoms with Crippen LogP contribution in [-0.4, -0.2) is 0 Å². The highest BCUT2D eigenvalue weighted by molar-refractivity contribution is 5.36. The van der Waals surface area contributed by atoms with E-state index in [2.05, 4.69) is 44.2 Å². The van der Waals surface area contributed by atoms with Crippen molar-refractivity contribution in [2.45, 2.75) is 52.4 Å². The number of allylic oxidation sites excluding steroid dienone is 6. The predicted molar refractivity (Wildman–Crippen MR) is 80.7 cm³/mol. The van der Waals surface area contributed by atoms with E-state index in [4.69, 9.17) is 0 Å². The molecule has 0 unspecified atom stereocenters. The van der Waals surface area contributed by atoms with Gasteiger partial charge in [-0.05, 0) is 66.3 Å². The third-order valence-electron chi connectivity index (χ3n) is 6.87. The van der Waals surface area contributed by atoms with Gasteiger partial charge in [0.15, 0.2) is 0 Å². The Labute approximate surface area is 117 Å². The Bertz CT molecular complexity index is 480. The van der Waals surface area contributed by atoms with Gasteiger partial charge in [-0.2, -0.15) is 0 Å². The molecule has 102 valence electrons. The van der Waals surface area contributed by atoms with Gasteiger partial charge in [0, 0.05) is 0 Å². The zero-order valence-corrected chi connectivity index (χ0v) is 12.4. The second-order valence-electron chi connectivity index (χ2n) is 7.81. The van der Waals surface area contributed by atoms with Crippen LogP contribution < -0.4 is 0 Å². The molecular formula is C19H26. The fraction of sp³-hybridized carbons (Fsp3) is 0.684. The molecule has 0 heteroatoms. The molecule has 0 radical (unpaired) electrons. The SMILES string of the molecule is C[C@]12CCC=CC1=CC[C@@H]1[C@@H]2C=C[C@]2(C)CCC[C@@H]12. The fourth-order valence-electron chi connectivity index (χ4n) is 5.69. The van der Waals surface area contributed by atoms with Gasteiger partial charge < -0.3 is 0 Å². The van der Waals surface area contributed by atoms with Crippen LogP contribution in [0, 0.1) is 28.6 Å². The molecule has 0 heterocycles. The summed E-state index contributed by atoms with van der Waals surface area (Å²) in [6, 6.07) is 0. The van der Waals surface area contributed by atoms with Gasteiger partial charge in [0.1, 0.15) is 0 Å². The van der Waals surface area contributed by atoms with Gasteiger partial charge in [-0.25, -0.2) is 0 Å². The lowest BCUT2D eigenvalue weighted by molar-refractivity contribution is 0.0727. The molecule has 0 aromatic rings. The lowest BCUT2D eigenvalue weighted by Gasteiger charge is -2.53. The standard InChI is InChI=1S/C19H26/c1-18-11-5-7-16(18)15-9-8-14-6-3-4-12-19(14,2)17(15)10-13-18/h3,6,8,10,13,15-17H,4-5,7,9,11-12H2,1-2H3/t15-,16-,17-,18-,19-/m0/s1. The van der Waals surface area contributed by atoms with Gasteiger partial charge in [0.2, 0.25) is 0 Å². The van der Waals surface area contributed by atoms with Crippen LogP contribution in [0.1, 0.15) is 52.4 Å². The van der Waals surface area contributed by atoms with E-state index in [1.165, 1.54) is 38.5 Å². The summed E-state index contributed by atoms with van der Waals surface area (Å²) in [4.78, 5) is 0. The van der Waals surface area contributed by atoms with Crippen molar-refractivity contribution in [3.05, 3.63) is 36.0 Å². The summed E-state index contributed by atoms with van der Waals surface area (Å²) in [6.07, 6.45) is 20.9. The molecule has 0 spiro atoms. The number of hydrogen-bond acceptors (Lipinski definition) is 0. The van der Waals surface area contributed by atoms with Crippen LogP contribution in [0.2, 0.25) is 0 Å². The average Bonchev–Trinajstić information content (AvgIpc) is 2.79. The van der Waals surface area contributed by atoms with Crippen LogP contribution >= 0.6 is 0 Å². The monoisotopic (exact) mass is 254 g/mol. The molecule has 0 aromatic heterocycles. The van der Waals surface area contributed by atoms with Crippen molar-refractivity contribution in [1.82, 2.24) is 0 Å². The van der Waals surface area contributed by atoms with E-state index >= 15 is 0 Å². The third-order valence-corrected chi connectivity index (χ3v) is 6.87. The van der Waals surface area contributed by atoms with Crippen molar-refractivity contribution in [3.8, 4) is 0 Å². The summed E-state index contributed by atoms with van der Waals surface area (Å²) in [6.45, 7) is 5.04. The van der Waals surface area contributed by atoms with Crippen LogP contribution in [0.15, 0.2) is 36.0 Å². The molecule has 5 atom stereocenters.